The molecule has 2 aromatic carbocycles. The summed E-state index contributed by atoms with van der Waals surface area (Å²) >= 11 is 0. The Morgan fingerprint density at radius 1 is 0.636 bits per heavy atom. The van der Waals surface area contributed by atoms with Gasteiger partial charge in [0.15, 0.2) is 23.3 Å². The van der Waals surface area contributed by atoms with Crippen molar-refractivity contribution in [3.05, 3.63) is 84.0 Å². The zero-order chi connectivity index (χ0) is 30.7. The Bertz CT molecular complexity index is 2020. The van der Waals surface area contributed by atoms with Crippen molar-refractivity contribution in [3.63, 3.8) is 0 Å². The summed E-state index contributed by atoms with van der Waals surface area (Å²) in [5, 5.41) is 14.9. The summed E-state index contributed by atoms with van der Waals surface area (Å²) in [5.74, 6) is -4.33. The van der Waals surface area contributed by atoms with Crippen LogP contribution in [0.5, 0.6) is 0 Å². The predicted octanol–water partition coefficient (Wildman–Crippen LogP) is 7.23. The Morgan fingerprint density at radius 2 is 1.16 bits per heavy atom. The normalized spacial score (nSPS) is 15.1. The van der Waals surface area contributed by atoms with Crippen molar-refractivity contribution < 1.29 is 30.7 Å². The summed E-state index contributed by atoms with van der Waals surface area (Å²) in [7, 11) is 0. The quantitative estimate of drug-likeness (QED) is 0.195. The summed E-state index contributed by atoms with van der Waals surface area (Å²) < 4.78 is 97.7. The highest BCUT2D eigenvalue weighted by Gasteiger charge is 2.41. The smallest absolute Gasteiger partial charge is 0.321 e. The molecule has 224 valence electrons. The van der Waals surface area contributed by atoms with Crippen molar-refractivity contribution in [2.45, 2.75) is 43.9 Å². The van der Waals surface area contributed by atoms with Crippen LogP contribution >= 0.6 is 0 Å². The third kappa shape index (κ3) is 4.91. The second kappa shape index (κ2) is 10.3. The van der Waals surface area contributed by atoms with Crippen LogP contribution in [0.15, 0.2) is 55.1 Å². The molecule has 4 heterocycles. The van der Waals surface area contributed by atoms with Crippen LogP contribution in [-0.2, 0) is 6.18 Å². The fourth-order valence-corrected chi connectivity index (χ4v) is 5.18. The van der Waals surface area contributed by atoms with Gasteiger partial charge in [-0.2, -0.15) is 33.6 Å². The van der Waals surface area contributed by atoms with E-state index in [4.69, 9.17) is 0 Å². The van der Waals surface area contributed by atoms with E-state index in [-0.39, 0.29) is 17.4 Å². The summed E-state index contributed by atoms with van der Waals surface area (Å²) in [5.41, 5.74) is -0.0393. The molecule has 0 amide bonds. The minimum atomic E-state index is -5.05. The third-order valence-electron chi connectivity index (χ3n) is 7.40. The van der Waals surface area contributed by atoms with Crippen LogP contribution in [0.1, 0.15) is 43.3 Å². The highest BCUT2D eigenvalue weighted by molar-refractivity contribution is 5.85. The van der Waals surface area contributed by atoms with Crippen molar-refractivity contribution in [1.29, 1.82) is 0 Å². The van der Waals surface area contributed by atoms with Gasteiger partial charge in [-0.05, 0) is 37.8 Å². The lowest BCUT2D eigenvalue weighted by Gasteiger charge is -2.10. The van der Waals surface area contributed by atoms with Gasteiger partial charge in [0.2, 0.25) is 0 Å². The van der Waals surface area contributed by atoms with E-state index < -0.39 is 40.5 Å². The van der Waals surface area contributed by atoms with Crippen LogP contribution in [-0.4, -0.2) is 39.5 Å². The molecule has 0 aliphatic heterocycles. The minimum Gasteiger partial charge on any atom is -0.321 e. The summed E-state index contributed by atoms with van der Waals surface area (Å²) in [4.78, 5) is 8.42. The highest BCUT2D eigenvalue weighted by Crippen LogP contribution is 2.45. The lowest BCUT2D eigenvalue weighted by atomic mass is 10.1. The van der Waals surface area contributed by atoms with Crippen molar-refractivity contribution in [3.8, 4) is 22.8 Å². The molecule has 2 aliphatic carbocycles. The lowest BCUT2D eigenvalue weighted by Crippen LogP contribution is -2.11. The first kappa shape index (κ1) is 27.9. The number of nitrogens with zero attached hydrogens (tertiary/aromatic N) is 8. The van der Waals surface area contributed by atoms with E-state index in [1.807, 2.05) is 4.57 Å². The molecule has 0 atom stereocenters. The number of rotatable bonds is 4. The molecule has 0 spiro atoms. The van der Waals surface area contributed by atoms with Crippen LogP contribution in [0.2, 0.25) is 0 Å². The van der Waals surface area contributed by atoms with Gasteiger partial charge < -0.3 is 9.13 Å². The highest BCUT2D eigenvalue weighted by atomic mass is 19.4. The monoisotopic (exact) mass is 612 g/mol. The predicted molar refractivity (Wildman–Crippen MR) is 143 cm³/mol. The zero-order valence-corrected chi connectivity index (χ0v) is 22.4. The van der Waals surface area contributed by atoms with Crippen LogP contribution in [0, 0.1) is 23.3 Å². The molecule has 2 aliphatic rings. The molecule has 8 nitrogen and oxygen atoms in total. The molecule has 0 unspecified atom stereocenters. The average molecular weight is 613 g/mol. The van der Waals surface area contributed by atoms with Gasteiger partial charge in [0.25, 0.3) is 0 Å². The molecule has 0 radical (unpaired) electrons. The third-order valence-corrected chi connectivity index (χ3v) is 7.40. The Morgan fingerprint density at radius 3 is 1.68 bits per heavy atom. The standard InChI is InChI=1S/C15H9F5N4.C14H10F2N4/c16-9-5-10-13(11(12(9)17)15(18,19)20)23-14(24(10)8-1-2-8)7-3-4-21-22-6-7;15-10-5-12-13(6-11(10)16)20(9-1-2-9)14(19-12)8-3-4-17-18-7-8/h3-6,8H,1-2H2;3-7,9H,1-2H2. The fourth-order valence-electron chi connectivity index (χ4n) is 5.18. The Labute approximate surface area is 243 Å². The van der Waals surface area contributed by atoms with E-state index in [2.05, 4.69) is 30.4 Å². The number of benzene rings is 2. The maximum Gasteiger partial charge on any atom is 0.421 e. The first-order valence-electron chi connectivity index (χ1n) is 13.5. The first-order valence-corrected chi connectivity index (χ1v) is 13.5. The molecule has 4 aromatic heterocycles. The average Bonchev–Trinajstić information content (AvgIpc) is 3.95. The Kier molecular flexibility index (Phi) is 6.55. The van der Waals surface area contributed by atoms with E-state index >= 15 is 0 Å². The molecular formula is C29H19F7N8. The molecule has 2 saturated carbocycles. The van der Waals surface area contributed by atoms with E-state index in [1.165, 1.54) is 29.1 Å². The Balaban J connectivity index is 0.000000144. The van der Waals surface area contributed by atoms with Crippen molar-refractivity contribution in [2.75, 3.05) is 0 Å². The van der Waals surface area contributed by atoms with Crippen molar-refractivity contribution in [2.24, 2.45) is 0 Å². The SMILES string of the molecule is Fc1cc2c(nc(-c3ccnnc3)n2C2CC2)c(C(F)(F)F)c1F.Fc1cc2nc(-c3ccnnc3)n(C3CC3)c2cc1F. The minimum absolute atomic E-state index is 0.0736. The number of alkyl halides is 3. The summed E-state index contributed by atoms with van der Waals surface area (Å²) in [6.45, 7) is 0. The summed E-state index contributed by atoms with van der Waals surface area (Å²) in [6, 6.07) is 6.66. The molecule has 0 bridgehead atoms. The van der Waals surface area contributed by atoms with Crippen LogP contribution < -0.4 is 0 Å². The maximum absolute atomic E-state index is 13.8. The van der Waals surface area contributed by atoms with Gasteiger partial charge in [-0.25, -0.2) is 27.5 Å². The molecule has 8 rings (SSSR count). The second-order valence-corrected chi connectivity index (χ2v) is 10.5. The topological polar surface area (TPSA) is 87.2 Å². The van der Waals surface area contributed by atoms with Gasteiger partial charge in [0, 0.05) is 41.4 Å². The number of aromatic nitrogens is 8. The van der Waals surface area contributed by atoms with E-state index in [9.17, 15) is 30.7 Å². The van der Waals surface area contributed by atoms with Gasteiger partial charge in [-0.3, -0.25) is 0 Å². The van der Waals surface area contributed by atoms with Crippen LogP contribution in [0.4, 0.5) is 30.7 Å². The lowest BCUT2D eigenvalue weighted by molar-refractivity contribution is -0.139. The van der Waals surface area contributed by atoms with E-state index in [0.717, 1.165) is 43.4 Å². The first-order chi connectivity index (χ1) is 21.1. The molecular weight excluding hydrogens is 593 g/mol. The largest absolute Gasteiger partial charge is 0.421 e. The van der Waals surface area contributed by atoms with Gasteiger partial charge in [0.1, 0.15) is 22.7 Å². The number of imidazole rings is 2. The van der Waals surface area contributed by atoms with Crippen molar-refractivity contribution in [1.82, 2.24) is 39.5 Å². The fraction of sp³-hybridized carbons (Fsp3) is 0.241. The zero-order valence-electron chi connectivity index (χ0n) is 22.4. The Hall–Kier alpha value is -4.95. The van der Waals surface area contributed by atoms with E-state index in [0.29, 0.717) is 28.5 Å². The molecule has 6 aromatic rings. The number of halogens is 7. The van der Waals surface area contributed by atoms with Crippen LogP contribution in [0.3, 0.4) is 0 Å². The number of hydrogen-bond acceptors (Lipinski definition) is 6. The summed E-state index contributed by atoms with van der Waals surface area (Å²) in [6.07, 6.45) is 4.36. The van der Waals surface area contributed by atoms with Crippen LogP contribution in [0.25, 0.3) is 44.8 Å². The van der Waals surface area contributed by atoms with Crippen molar-refractivity contribution >= 4 is 22.1 Å². The molecule has 44 heavy (non-hydrogen) atoms. The van der Waals surface area contributed by atoms with Gasteiger partial charge in [-0.1, -0.05) is 0 Å². The molecule has 15 heteroatoms. The van der Waals surface area contributed by atoms with Gasteiger partial charge in [-0.15, -0.1) is 0 Å². The number of hydrogen-bond donors (Lipinski definition) is 0. The molecule has 2 fully saturated rings. The second-order valence-electron chi connectivity index (χ2n) is 10.5. The molecule has 0 N–H and O–H groups in total. The molecule has 0 saturated heterocycles. The number of fused-ring (bicyclic) bond motifs is 2. The van der Waals surface area contributed by atoms with E-state index in [1.54, 1.807) is 18.5 Å². The maximum atomic E-state index is 13.8. The van der Waals surface area contributed by atoms with Gasteiger partial charge in [0.05, 0.1) is 41.3 Å². The van der Waals surface area contributed by atoms with Gasteiger partial charge >= 0.3 is 6.18 Å².